The monoisotopic (exact) mass is 218 g/mol. The lowest BCUT2D eigenvalue weighted by Crippen LogP contribution is -2.05. The number of nitrogens with zero attached hydrogens (tertiary/aromatic N) is 2. The van der Waals surface area contributed by atoms with Crippen molar-refractivity contribution in [3.05, 3.63) is 35.3 Å². The number of rotatable bonds is 3. The lowest BCUT2D eigenvalue weighted by atomic mass is 10.3. The van der Waals surface area contributed by atoms with Crippen LogP contribution in [-0.2, 0) is 6.54 Å². The van der Waals surface area contributed by atoms with Gasteiger partial charge in [0, 0.05) is 11.8 Å². The Morgan fingerprint density at radius 3 is 2.88 bits per heavy atom. The maximum absolute atomic E-state index is 5.79. The number of aromatic nitrogens is 2. The summed E-state index contributed by atoms with van der Waals surface area (Å²) in [4.78, 5) is 4.30. The van der Waals surface area contributed by atoms with Gasteiger partial charge in [-0.1, -0.05) is 5.16 Å². The van der Waals surface area contributed by atoms with Crippen molar-refractivity contribution in [2.24, 2.45) is 0 Å². The normalized spacial score (nSPS) is 10.4. The maximum Gasteiger partial charge on any atom is 0.149 e. The van der Waals surface area contributed by atoms with Crippen molar-refractivity contribution in [1.82, 2.24) is 10.1 Å². The Bertz CT molecular complexity index is 492. The summed E-state index contributed by atoms with van der Waals surface area (Å²) in [6, 6.07) is 5.58. The van der Waals surface area contributed by atoms with Crippen molar-refractivity contribution in [1.29, 1.82) is 0 Å². The van der Waals surface area contributed by atoms with Gasteiger partial charge in [0.2, 0.25) is 0 Å². The van der Waals surface area contributed by atoms with Gasteiger partial charge in [-0.25, -0.2) is 4.98 Å². The number of nitrogens with two attached hydrogens (primary N) is 1. The van der Waals surface area contributed by atoms with Gasteiger partial charge in [0.25, 0.3) is 0 Å². The van der Waals surface area contributed by atoms with Crippen LogP contribution in [0.4, 0.5) is 11.5 Å². The van der Waals surface area contributed by atoms with Crippen molar-refractivity contribution < 1.29 is 4.52 Å². The fourth-order valence-corrected chi connectivity index (χ4v) is 1.38. The van der Waals surface area contributed by atoms with E-state index in [1.165, 1.54) is 0 Å². The Hall–Kier alpha value is -2.04. The molecule has 0 fully saturated rings. The summed E-state index contributed by atoms with van der Waals surface area (Å²) < 4.78 is 4.97. The number of nitrogens with one attached hydrogen (secondary N) is 1. The minimum Gasteiger partial charge on any atom is -0.396 e. The molecule has 0 spiro atoms. The van der Waals surface area contributed by atoms with Crippen molar-refractivity contribution >= 4 is 11.5 Å². The molecule has 84 valence electrons. The van der Waals surface area contributed by atoms with Gasteiger partial charge in [0.1, 0.15) is 17.3 Å². The van der Waals surface area contributed by atoms with E-state index in [1.807, 2.05) is 32.0 Å². The SMILES string of the molecule is Cc1ccc(N)c(NCc2cc(C)on2)n1. The fraction of sp³-hybridized carbons (Fsp3) is 0.273. The van der Waals surface area contributed by atoms with E-state index < -0.39 is 0 Å². The fourth-order valence-electron chi connectivity index (χ4n) is 1.38. The van der Waals surface area contributed by atoms with Crippen LogP contribution in [0.1, 0.15) is 17.1 Å². The zero-order chi connectivity index (χ0) is 11.5. The topological polar surface area (TPSA) is 77.0 Å². The Labute approximate surface area is 93.7 Å². The number of nitrogen functional groups attached to an aromatic ring is 1. The molecule has 0 aliphatic heterocycles. The highest BCUT2D eigenvalue weighted by Crippen LogP contribution is 2.16. The van der Waals surface area contributed by atoms with E-state index in [4.69, 9.17) is 10.3 Å². The van der Waals surface area contributed by atoms with Crippen LogP contribution in [-0.4, -0.2) is 10.1 Å². The minimum atomic E-state index is 0.554. The van der Waals surface area contributed by atoms with Gasteiger partial charge in [-0.05, 0) is 26.0 Å². The highest BCUT2D eigenvalue weighted by molar-refractivity contribution is 5.61. The second-order valence-electron chi connectivity index (χ2n) is 3.67. The Balaban J connectivity index is 2.07. The molecule has 5 nitrogen and oxygen atoms in total. The summed E-state index contributed by atoms with van der Waals surface area (Å²) in [6.07, 6.45) is 0. The maximum atomic E-state index is 5.79. The Morgan fingerprint density at radius 2 is 2.19 bits per heavy atom. The van der Waals surface area contributed by atoms with Crippen molar-refractivity contribution in [3.63, 3.8) is 0 Å². The van der Waals surface area contributed by atoms with Crippen LogP contribution >= 0.6 is 0 Å². The van der Waals surface area contributed by atoms with Gasteiger partial charge >= 0.3 is 0 Å². The van der Waals surface area contributed by atoms with E-state index in [2.05, 4.69) is 15.5 Å². The summed E-state index contributed by atoms with van der Waals surface area (Å²) >= 11 is 0. The van der Waals surface area contributed by atoms with Crippen LogP contribution in [0.25, 0.3) is 0 Å². The second kappa shape index (κ2) is 4.22. The van der Waals surface area contributed by atoms with Gasteiger partial charge in [-0.2, -0.15) is 0 Å². The standard InChI is InChI=1S/C11H14N4O/c1-7-3-4-10(12)11(14-7)13-6-9-5-8(2)16-15-9/h3-5H,6,12H2,1-2H3,(H,13,14). The molecule has 2 heterocycles. The summed E-state index contributed by atoms with van der Waals surface area (Å²) in [5.41, 5.74) is 8.18. The lowest BCUT2D eigenvalue weighted by Gasteiger charge is -2.06. The van der Waals surface area contributed by atoms with Gasteiger partial charge in [0.15, 0.2) is 0 Å². The summed E-state index contributed by atoms with van der Waals surface area (Å²) in [7, 11) is 0. The number of hydrogen-bond donors (Lipinski definition) is 2. The first-order valence-corrected chi connectivity index (χ1v) is 5.04. The first kappa shape index (κ1) is 10.5. The van der Waals surface area contributed by atoms with Crippen LogP contribution in [0.5, 0.6) is 0 Å². The van der Waals surface area contributed by atoms with E-state index in [0.29, 0.717) is 18.1 Å². The van der Waals surface area contributed by atoms with E-state index in [0.717, 1.165) is 17.1 Å². The highest BCUT2D eigenvalue weighted by atomic mass is 16.5. The van der Waals surface area contributed by atoms with E-state index in [-0.39, 0.29) is 0 Å². The number of pyridine rings is 1. The van der Waals surface area contributed by atoms with Crippen LogP contribution in [0.3, 0.4) is 0 Å². The molecule has 0 amide bonds. The molecule has 0 atom stereocenters. The molecule has 2 rings (SSSR count). The lowest BCUT2D eigenvalue weighted by molar-refractivity contribution is 0.391. The molecule has 0 saturated carbocycles. The molecule has 0 aliphatic carbocycles. The van der Waals surface area contributed by atoms with E-state index in [9.17, 15) is 0 Å². The molecule has 0 saturated heterocycles. The van der Waals surface area contributed by atoms with Crippen LogP contribution in [0, 0.1) is 13.8 Å². The molecule has 3 N–H and O–H groups in total. The summed E-state index contributed by atoms with van der Waals surface area (Å²) in [6.45, 7) is 4.33. The number of hydrogen-bond acceptors (Lipinski definition) is 5. The third-order valence-corrected chi connectivity index (χ3v) is 2.18. The molecule has 16 heavy (non-hydrogen) atoms. The van der Waals surface area contributed by atoms with Gasteiger partial charge in [-0.3, -0.25) is 0 Å². The third-order valence-electron chi connectivity index (χ3n) is 2.18. The highest BCUT2D eigenvalue weighted by Gasteiger charge is 2.03. The quantitative estimate of drug-likeness (QED) is 0.822. The Morgan fingerprint density at radius 1 is 1.38 bits per heavy atom. The van der Waals surface area contributed by atoms with E-state index >= 15 is 0 Å². The minimum absolute atomic E-state index is 0.554. The molecule has 0 aliphatic rings. The third kappa shape index (κ3) is 2.31. The average Bonchev–Trinajstić information content (AvgIpc) is 2.66. The van der Waals surface area contributed by atoms with Crippen LogP contribution in [0.2, 0.25) is 0 Å². The number of aryl methyl sites for hydroxylation is 2. The van der Waals surface area contributed by atoms with Crippen molar-refractivity contribution in [2.45, 2.75) is 20.4 Å². The summed E-state index contributed by atoms with van der Waals surface area (Å²) in [5, 5.41) is 7.00. The predicted molar refractivity (Wildman–Crippen MR) is 62.0 cm³/mol. The van der Waals surface area contributed by atoms with E-state index in [1.54, 1.807) is 0 Å². The zero-order valence-electron chi connectivity index (χ0n) is 9.32. The number of anilines is 2. The van der Waals surface area contributed by atoms with Gasteiger partial charge in [0.05, 0.1) is 12.2 Å². The molecule has 5 heteroatoms. The molecule has 0 aromatic carbocycles. The molecule has 2 aromatic rings. The molecule has 0 radical (unpaired) electrons. The van der Waals surface area contributed by atoms with Gasteiger partial charge in [-0.15, -0.1) is 0 Å². The molecular weight excluding hydrogens is 204 g/mol. The molecule has 0 bridgehead atoms. The Kier molecular flexibility index (Phi) is 2.76. The smallest absolute Gasteiger partial charge is 0.149 e. The van der Waals surface area contributed by atoms with Crippen LogP contribution in [0.15, 0.2) is 22.7 Å². The molecule has 0 unspecified atom stereocenters. The van der Waals surface area contributed by atoms with Crippen LogP contribution < -0.4 is 11.1 Å². The molecule has 2 aromatic heterocycles. The predicted octanol–water partition coefficient (Wildman–Crippen LogP) is 1.88. The zero-order valence-corrected chi connectivity index (χ0v) is 9.32. The largest absolute Gasteiger partial charge is 0.396 e. The molecular formula is C11H14N4O. The summed E-state index contributed by atoms with van der Waals surface area (Å²) in [5.74, 6) is 1.47. The van der Waals surface area contributed by atoms with Crippen molar-refractivity contribution in [3.8, 4) is 0 Å². The average molecular weight is 218 g/mol. The van der Waals surface area contributed by atoms with Crippen molar-refractivity contribution in [2.75, 3.05) is 11.1 Å². The second-order valence-corrected chi connectivity index (χ2v) is 3.67. The first-order valence-electron chi connectivity index (χ1n) is 5.04. The van der Waals surface area contributed by atoms with Gasteiger partial charge < -0.3 is 15.6 Å². The first-order chi connectivity index (χ1) is 7.65.